The summed E-state index contributed by atoms with van der Waals surface area (Å²) in [5.74, 6) is -0.451. The van der Waals surface area contributed by atoms with Crippen LogP contribution in [0.2, 0.25) is 0 Å². The predicted octanol–water partition coefficient (Wildman–Crippen LogP) is 2.65. The molecule has 19 nitrogen and oxygen atoms in total. The van der Waals surface area contributed by atoms with Gasteiger partial charge >= 0.3 is 0 Å². The quantitative estimate of drug-likeness (QED) is 0.0313. The van der Waals surface area contributed by atoms with Crippen LogP contribution in [0, 0.1) is 0 Å². The highest BCUT2D eigenvalue weighted by atomic mass is 16.8. The number of carbonyl (C=O) groups is 1. The van der Waals surface area contributed by atoms with Gasteiger partial charge < -0.3 is 89.9 Å². The maximum Gasteiger partial charge on any atom is 0.217 e. The van der Waals surface area contributed by atoms with E-state index in [1.165, 1.54) is 142 Å². The molecule has 17 atom stereocenters. The largest absolute Gasteiger partial charge is 0.394 e. The summed E-state index contributed by atoms with van der Waals surface area (Å²) < 4.78 is 33.7. The Labute approximate surface area is 416 Å². The summed E-state index contributed by atoms with van der Waals surface area (Å²) in [6, 6.07) is -0.969. The lowest BCUT2D eigenvalue weighted by Crippen LogP contribution is -2.66. The van der Waals surface area contributed by atoms with Crippen molar-refractivity contribution in [1.82, 2.24) is 5.32 Å². The molecule has 0 aromatic carbocycles. The van der Waals surface area contributed by atoms with Crippen LogP contribution in [0.4, 0.5) is 0 Å². The van der Waals surface area contributed by atoms with Gasteiger partial charge in [0.25, 0.3) is 0 Å². The lowest BCUT2D eigenvalue weighted by Gasteiger charge is -2.48. The molecular formula is C51H95NO18. The third kappa shape index (κ3) is 22.2. The monoisotopic (exact) mass is 1010 g/mol. The molecule has 12 N–H and O–H groups in total. The minimum Gasteiger partial charge on any atom is -0.394 e. The SMILES string of the molecule is CCCCCCCCCCCCCCCCCCCCCCCCCC/C=C/C(O)C(COC1OC(CO)C(OC2OC(CO)C(OC3OC(CO)C(O)C(O)C3O)C(O)C2O)C(O)C1O)NC(C)=O. The Morgan fingerprint density at radius 2 is 0.857 bits per heavy atom. The third-order valence-electron chi connectivity index (χ3n) is 13.9. The van der Waals surface area contributed by atoms with Gasteiger partial charge in [-0.2, -0.15) is 0 Å². The Morgan fingerprint density at radius 1 is 0.500 bits per heavy atom. The molecule has 3 fully saturated rings. The molecule has 1 amide bonds. The maximum atomic E-state index is 12.0. The van der Waals surface area contributed by atoms with Crippen LogP contribution in [0.1, 0.15) is 174 Å². The van der Waals surface area contributed by atoms with Crippen molar-refractivity contribution in [3.8, 4) is 0 Å². The van der Waals surface area contributed by atoms with Crippen LogP contribution in [0.15, 0.2) is 12.2 Å². The summed E-state index contributed by atoms with van der Waals surface area (Å²) in [4.78, 5) is 12.0. The summed E-state index contributed by atoms with van der Waals surface area (Å²) in [6.45, 7) is 0.762. The minimum atomic E-state index is -1.97. The molecule has 0 aromatic rings. The van der Waals surface area contributed by atoms with E-state index in [9.17, 15) is 61.0 Å². The highest BCUT2D eigenvalue weighted by Gasteiger charge is 2.53. The zero-order chi connectivity index (χ0) is 51.3. The zero-order valence-corrected chi connectivity index (χ0v) is 42.3. The Morgan fingerprint density at radius 3 is 1.26 bits per heavy atom. The van der Waals surface area contributed by atoms with E-state index in [0.717, 1.165) is 25.7 Å². The Balaban J connectivity index is 1.30. The molecule has 3 aliphatic rings. The highest BCUT2D eigenvalue weighted by molar-refractivity contribution is 5.73. The van der Waals surface area contributed by atoms with Gasteiger partial charge in [-0.25, -0.2) is 0 Å². The molecule has 17 unspecified atom stereocenters. The summed E-state index contributed by atoms with van der Waals surface area (Å²) in [6.07, 6.45) is 9.27. The molecule has 0 aliphatic carbocycles. The smallest absolute Gasteiger partial charge is 0.217 e. The third-order valence-corrected chi connectivity index (χ3v) is 13.9. The van der Waals surface area contributed by atoms with E-state index in [2.05, 4.69) is 12.2 Å². The Kier molecular flexibility index (Phi) is 32.7. The molecule has 3 rings (SSSR count). The topological polar surface area (TPSA) is 307 Å². The van der Waals surface area contributed by atoms with Crippen molar-refractivity contribution < 1.29 is 89.4 Å². The fourth-order valence-corrected chi connectivity index (χ4v) is 9.46. The van der Waals surface area contributed by atoms with E-state index >= 15 is 0 Å². The number of hydrogen-bond donors (Lipinski definition) is 12. The second kappa shape index (κ2) is 36.5. The molecule has 0 spiro atoms. The molecule has 19 heteroatoms. The minimum absolute atomic E-state index is 0.368. The first kappa shape index (κ1) is 62.8. The maximum absolute atomic E-state index is 12.0. The number of ether oxygens (including phenoxy) is 6. The van der Waals surface area contributed by atoms with Crippen LogP contribution in [0.25, 0.3) is 0 Å². The molecular weight excluding hydrogens is 915 g/mol. The number of amides is 1. The van der Waals surface area contributed by atoms with Gasteiger partial charge in [-0.3, -0.25) is 4.79 Å². The molecule has 0 saturated carbocycles. The first-order chi connectivity index (χ1) is 33.8. The van der Waals surface area contributed by atoms with Crippen molar-refractivity contribution in [2.75, 3.05) is 26.4 Å². The van der Waals surface area contributed by atoms with Crippen molar-refractivity contribution >= 4 is 5.91 Å². The standard InChI is InChI=1S/C51H95NO18/c1-3-4-5-6-7-8-9-10-11-12-13-14-15-16-17-18-19-20-21-22-23-24-25-26-27-28-29-36(57)35(52-34(2)56)33-65-49-45(63)42(60)47(38(31-54)67-49)70-51-46(64)43(61)48(39(32-55)68-51)69-50-44(62)41(59)40(58)37(30-53)66-50/h28-29,35-51,53-55,57-64H,3-27,30-33H2,1-2H3,(H,52,56)/b29-28+. The van der Waals surface area contributed by atoms with Crippen molar-refractivity contribution in [1.29, 1.82) is 0 Å². The number of allylic oxidation sites excluding steroid dienone is 1. The van der Waals surface area contributed by atoms with Crippen molar-refractivity contribution in [3.63, 3.8) is 0 Å². The highest BCUT2D eigenvalue weighted by Crippen LogP contribution is 2.33. The van der Waals surface area contributed by atoms with Gasteiger partial charge in [-0.15, -0.1) is 0 Å². The van der Waals surface area contributed by atoms with Crippen LogP contribution in [-0.2, 0) is 33.2 Å². The summed E-state index contributed by atoms with van der Waals surface area (Å²) in [7, 11) is 0. The van der Waals surface area contributed by atoms with Gasteiger partial charge in [0.1, 0.15) is 73.2 Å². The van der Waals surface area contributed by atoms with Crippen LogP contribution < -0.4 is 5.32 Å². The zero-order valence-electron chi connectivity index (χ0n) is 42.3. The average Bonchev–Trinajstić information content (AvgIpc) is 3.35. The van der Waals surface area contributed by atoms with Crippen molar-refractivity contribution in [2.45, 2.75) is 279 Å². The first-order valence-electron chi connectivity index (χ1n) is 26.9. The van der Waals surface area contributed by atoms with E-state index in [0.29, 0.717) is 0 Å². The number of unbranched alkanes of at least 4 members (excludes halogenated alkanes) is 24. The van der Waals surface area contributed by atoms with Gasteiger partial charge in [0.05, 0.1) is 38.6 Å². The summed E-state index contributed by atoms with van der Waals surface area (Å²) in [5, 5.41) is 118. The van der Waals surface area contributed by atoms with Crippen molar-refractivity contribution in [3.05, 3.63) is 12.2 Å². The van der Waals surface area contributed by atoms with E-state index in [-0.39, 0.29) is 6.61 Å². The van der Waals surface area contributed by atoms with Gasteiger partial charge in [-0.1, -0.05) is 167 Å². The number of nitrogens with one attached hydrogen (secondary N) is 1. The van der Waals surface area contributed by atoms with Gasteiger partial charge in [-0.05, 0) is 12.8 Å². The second-order valence-electron chi connectivity index (χ2n) is 19.8. The van der Waals surface area contributed by atoms with Crippen LogP contribution >= 0.6 is 0 Å². The number of hydrogen-bond acceptors (Lipinski definition) is 18. The lowest BCUT2D eigenvalue weighted by atomic mass is 9.96. The van der Waals surface area contributed by atoms with Gasteiger partial charge in [0, 0.05) is 6.92 Å². The lowest BCUT2D eigenvalue weighted by molar-refractivity contribution is -0.379. The number of carbonyl (C=O) groups excluding carboxylic acids is 1. The second-order valence-corrected chi connectivity index (χ2v) is 19.8. The average molecular weight is 1010 g/mol. The molecule has 70 heavy (non-hydrogen) atoms. The number of rotatable bonds is 38. The normalized spacial score (nSPS) is 32.6. The molecule has 412 valence electrons. The van der Waals surface area contributed by atoms with Gasteiger partial charge in [0.2, 0.25) is 5.91 Å². The molecule has 0 radical (unpaired) electrons. The van der Waals surface area contributed by atoms with E-state index < -0.39 is 130 Å². The van der Waals surface area contributed by atoms with Crippen LogP contribution in [-0.4, -0.2) is 193 Å². The van der Waals surface area contributed by atoms with Gasteiger partial charge in [0.15, 0.2) is 18.9 Å². The van der Waals surface area contributed by atoms with Crippen LogP contribution in [0.3, 0.4) is 0 Å². The summed E-state index contributed by atoms with van der Waals surface area (Å²) in [5.41, 5.74) is 0. The first-order valence-corrected chi connectivity index (χ1v) is 26.9. The predicted molar refractivity (Wildman–Crippen MR) is 259 cm³/mol. The summed E-state index contributed by atoms with van der Waals surface area (Å²) >= 11 is 0. The van der Waals surface area contributed by atoms with E-state index in [1.807, 2.05) is 6.08 Å². The molecule has 0 bridgehead atoms. The molecule has 0 aromatic heterocycles. The Bertz CT molecular complexity index is 1350. The fourth-order valence-electron chi connectivity index (χ4n) is 9.46. The van der Waals surface area contributed by atoms with Crippen molar-refractivity contribution in [2.24, 2.45) is 0 Å². The number of aliphatic hydroxyl groups excluding tert-OH is 11. The molecule has 3 saturated heterocycles. The van der Waals surface area contributed by atoms with E-state index in [4.69, 9.17) is 28.4 Å². The molecule has 3 aliphatic heterocycles. The number of aliphatic hydroxyl groups is 11. The Hall–Kier alpha value is -1.47. The fraction of sp³-hybridized carbons (Fsp3) is 0.941. The van der Waals surface area contributed by atoms with Crippen LogP contribution in [0.5, 0.6) is 0 Å². The molecule has 3 heterocycles. The van der Waals surface area contributed by atoms with E-state index in [1.54, 1.807) is 6.08 Å².